The largest absolute Gasteiger partial charge is 0.496 e. The molecule has 32 heavy (non-hydrogen) atoms. The Morgan fingerprint density at radius 1 is 1.03 bits per heavy atom. The van der Waals surface area contributed by atoms with Gasteiger partial charge in [-0.1, -0.05) is 6.07 Å². The number of aromatic nitrogens is 1. The Morgan fingerprint density at radius 2 is 1.81 bits per heavy atom. The zero-order valence-electron chi connectivity index (χ0n) is 17.5. The Labute approximate surface area is 186 Å². The number of carbonyl (C=O) groups is 1. The summed E-state index contributed by atoms with van der Waals surface area (Å²) in [5.41, 5.74) is 3.17. The van der Waals surface area contributed by atoms with Gasteiger partial charge < -0.3 is 10.1 Å². The van der Waals surface area contributed by atoms with E-state index in [2.05, 4.69) is 16.4 Å². The van der Waals surface area contributed by atoms with E-state index in [-0.39, 0.29) is 11.3 Å². The molecule has 0 unspecified atom stereocenters. The Bertz CT molecular complexity index is 1330. The summed E-state index contributed by atoms with van der Waals surface area (Å²) < 4.78 is 45.6. The summed E-state index contributed by atoms with van der Waals surface area (Å²) in [4.78, 5) is 17.3. The molecule has 0 aliphatic carbocycles. The third-order valence-corrected chi connectivity index (χ3v) is 6.10. The number of thiazole rings is 1. The maximum absolute atomic E-state index is 13.3. The number of aryl methyl sites for hydroxylation is 2. The number of benzene rings is 3. The molecule has 0 atom stereocenters. The number of nitrogens with zero attached hydrogens (tertiary/aromatic N) is 1. The lowest BCUT2D eigenvalue weighted by molar-refractivity contribution is -0.138. The molecule has 0 fully saturated rings. The molecule has 4 aromatic rings. The van der Waals surface area contributed by atoms with Crippen molar-refractivity contribution in [3.05, 3.63) is 76.9 Å². The van der Waals surface area contributed by atoms with E-state index in [1.54, 1.807) is 17.4 Å². The van der Waals surface area contributed by atoms with Gasteiger partial charge in [-0.05, 0) is 73.5 Å². The number of nitrogens with one attached hydrogen (secondary N) is 1. The Morgan fingerprint density at radius 3 is 2.50 bits per heavy atom. The molecular formula is C24H19F3N2O2S. The van der Waals surface area contributed by atoms with Gasteiger partial charge in [0.1, 0.15) is 10.8 Å². The fourth-order valence-corrected chi connectivity index (χ4v) is 4.42. The molecule has 164 valence electrons. The molecular weight excluding hydrogens is 437 g/mol. The molecule has 3 aromatic carbocycles. The summed E-state index contributed by atoms with van der Waals surface area (Å²) in [7, 11) is 1.15. The van der Waals surface area contributed by atoms with Crippen LogP contribution in [0.25, 0.3) is 20.8 Å². The highest BCUT2D eigenvalue weighted by atomic mass is 32.1. The first kappa shape index (κ1) is 21.8. The van der Waals surface area contributed by atoms with E-state index < -0.39 is 17.6 Å². The topological polar surface area (TPSA) is 51.2 Å². The molecule has 1 N–H and O–H groups in total. The minimum Gasteiger partial charge on any atom is -0.496 e. The summed E-state index contributed by atoms with van der Waals surface area (Å²) in [5.74, 6) is -0.968. The Kier molecular flexibility index (Phi) is 5.64. The molecule has 1 amide bonds. The van der Waals surface area contributed by atoms with E-state index in [9.17, 15) is 18.0 Å². The average molecular weight is 456 g/mol. The van der Waals surface area contributed by atoms with Crippen LogP contribution < -0.4 is 10.1 Å². The van der Waals surface area contributed by atoms with E-state index in [0.29, 0.717) is 5.69 Å². The number of ether oxygens (including phenoxy) is 1. The van der Waals surface area contributed by atoms with Gasteiger partial charge in [-0.25, -0.2) is 4.98 Å². The highest BCUT2D eigenvalue weighted by molar-refractivity contribution is 7.21. The maximum Gasteiger partial charge on any atom is 0.419 e. The molecule has 4 nitrogen and oxygen atoms in total. The molecule has 0 saturated heterocycles. The number of fused-ring (bicyclic) bond motifs is 1. The van der Waals surface area contributed by atoms with Crippen LogP contribution in [0.3, 0.4) is 0 Å². The molecule has 0 aliphatic heterocycles. The molecule has 0 bridgehead atoms. The zero-order valence-corrected chi connectivity index (χ0v) is 18.3. The van der Waals surface area contributed by atoms with Crippen LogP contribution in [-0.4, -0.2) is 18.0 Å². The number of rotatable bonds is 4. The summed E-state index contributed by atoms with van der Waals surface area (Å²) in [6.45, 7) is 3.85. The predicted octanol–water partition coefficient (Wildman–Crippen LogP) is 6.86. The molecule has 0 saturated carbocycles. The monoisotopic (exact) mass is 456 g/mol. The highest BCUT2D eigenvalue weighted by Crippen LogP contribution is 2.37. The lowest BCUT2D eigenvalue weighted by Crippen LogP contribution is -2.15. The summed E-state index contributed by atoms with van der Waals surface area (Å²) in [6.07, 6.45) is -4.63. The van der Waals surface area contributed by atoms with Gasteiger partial charge >= 0.3 is 6.18 Å². The van der Waals surface area contributed by atoms with Crippen LogP contribution in [0.2, 0.25) is 0 Å². The molecule has 0 radical (unpaired) electrons. The van der Waals surface area contributed by atoms with Crippen molar-refractivity contribution in [3.63, 3.8) is 0 Å². The van der Waals surface area contributed by atoms with Gasteiger partial charge in [-0.3, -0.25) is 4.79 Å². The minimum atomic E-state index is -4.63. The van der Waals surface area contributed by atoms with Crippen LogP contribution in [0, 0.1) is 13.8 Å². The number of carbonyl (C=O) groups excluding carboxylic acids is 1. The predicted molar refractivity (Wildman–Crippen MR) is 120 cm³/mol. The summed E-state index contributed by atoms with van der Waals surface area (Å²) in [6, 6.07) is 14.8. The normalized spacial score (nSPS) is 11.6. The quantitative estimate of drug-likeness (QED) is 0.365. The zero-order chi connectivity index (χ0) is 23.0. The standard InChI is InChI=1S/C24H19F3N2O2S/c1-13-4-7-19-21(10-13)32-23(29-19)16-5-8-18(14(2)11-16)28-22(30)15-6-9-20(31-3)17(12-15)24(25,26)27/h4-12H,1-3H3,(H,28,30). The minimum absolute atomic E-state index is 0.108. The lowest BCUT2D eigenvalue weighted by atomic mass is 10.1. The van der Waals surface area contributed by atoms with Gasteiger partial charge in [0.25, 0.3) is 5.91 Å². The number of hydrogen-bond acceptors (Lipinski definition) is 4. The number of methoxy groups -OCH3 is 1. The third kappa shape index (κ3) is 4.31. The maximum atomic E-state index is 13.3. The second-order valence-electron chi connectivity index (χ2n) is 7.39. The SMILES string of the molecule is COc1ccc(C(=O)Nc2ccc(-c3nc4ccc(C)cc4s3)cc2C)cc1C(F)(F)F. The van der Waals surface area contributed by atoms with Gasteiger partial charge in [0.15, 0.2) is 0 Å². The second kappa shape index (κ2) is 8.27. The van der Waals surface area contributed by atoms with Gasteiger partial charge in [-0.2, -0.15) is 13.2 Å². The summed E-state index contributed by atoms with van der Waals surface area (Å²) >= 11 is 1.58. The molecule has 1 heterocycles. The van der Waals surface area contributed by atoms with Crippen LogP contribution in [0.15, 0.2) is 54.6 Å². The third-order valence-electron chi connectivity index (χ3n) is 5.03. The molecule has 1 aromatic heterocycles. The van der Waals surface area contributed by atoms with Crippen molar-refractivity contribution in [2.45, 2.75) is 20.0 Å². The fraction of sp³-hybridized carbons (Fsp3) is 0.167. The van der Waals surface area contributed by atoms with Crippen LogP contribution >= 0.6 is 11.3 Å². The molecule has 0 aliphatic rings. The summed E-state index contributed by atoms with van der Waals surface area (Å²) in [5, 5.41) is 3.55. The average Bonchev–Trinajstić information content (AvgIpc) is 3.17. The van der Waals surface area contributed by atoms with E-state index in [1.807, 2.05) is 38.1 Å². The Balaban J connectivity index is 1.59. The van der Waals surface area contributed by atoms with E-state index in [0.717, 1.165) is 51.2 Å². The van der Waals surface area contributed by atoms with Crippen molar-refractivity contribution in [1.82, 2.24) is 4.98 Å². The lowest BCUT2D eigenvalue weighted by Gasteiger charge is -2.14. The van der Waals surface area contributed by atoms with Gasteiger partial charge in [-0.15, -0.1) is 11.3 Å². The molecule has 0 spiro atoms. The Hall–Kier alpha value is -3.39. The van der Waals surface area contributed by atoms with Gasteiger partial charge in [0.05, 0.1) is 22.9 Å². The van der Waals surface area contributed by atoms with Crippen molar-refractivity contribution in [3.8, 4) is 16.3 Å². The number of anilines is 1. The van der Waals surface area contributed by atoms with Crippen LogP contribution in [0.4, 0.5) is 18.9 Å². The van der Waals surface area contributed by atoms with Gasteiger partial charge in [0.2, 0.25) is 0 Å². The number of halogens is 3. The smallest absolute Gasteiger partial charge is 0.419 e. The van der Waals surface area contributed by atoms with Crippen molar-refractivity contribution < 1.29 is 22.7 Å². The van der Waals surface area contributed by atoms with E-state index in [1.165, 1.54) is 6.07 Å². The number of alkyl halides is 3. The first-order chi connectivity index (χ1) is 15.2. The van der Waals surface area contributed by atoms with Crippen LogP contribution in [0.1, 0.15) is 27.0 Å². The highest BCUT2D eigenvalue weighted by Gasteiger charge is 2.35. The van der Waals surface area contributed by atoms with E-state index in [4.69, 9.17) is 4.74 Å². The second-order valence-corrected chi connectivity index (χ2v) is 8.42. The first-order valence-corrected chi connectivity index (χ1v) is 10.5. The van der Waals surface area contributed by atoms with Crippen molar-refractivity contribution in [2.24, 2.45) is 0 Å². The first-order valence-electron chi connectivity index (χ1n) is 9.70. The van der Waals surface area contributed by atoms with Crippen molar-refractivity contribution in [2.75, 3.05) is 12.4 Å². The number of amides is 1. The van der Waals surface area contributed by atoms with Crippen molar-refractivity contribution >= 4 is 33.1 Å². The fourth-order valence-electron chi connectivity index (χ4n) is 3.36. The van der Waals surface area contributed by atoms with Gasteiger partial charge in [0, 0.05) is 16.8 Å². The van der Waals surface area contributed by atoms with Crippen LogP contribution in [-0.2, 0) is 6.18 Å². The number of hydrogen-bond donors (Lipinski definition) is 1. The van der Waals surface area contributed by atoms with Crippen molar-refractivity contribution in [1.29, 1.82) is 0 Å². The van der Waals surface area contributed by atoms with E-state index >= 15 is 0 Å². The van der Waals surface area contributed by atoms with Crippen LogP contribution in [0.5, 0.6) is 5.75 Å². The molecule has 4 rings (SSSR count). The molecule has 8 heteroatoms.